The van der Waals surface area contributed by atoms with Crippen LogP contribution in [0.3, 0.4) is 0 Å². The summed E-state index contributed by atoms with van der Waals surface area (Å²) in [6.45, 7) is 5.03. The van der Waals surface area contributed by atoms with E-state index in [4.69, 9.17) is 37.4 Å². The zero-order chi connectivity index (χ0) is 36.4. The number of hydrogen-bond donors (Lipinski definition) is 1. The average molecular weight is 743 g/mol. The summed E-state index contributed by atoms with van der Waals surface area (Å²) in [4.78, 5) is 29.9. The molecule has 0 saturated heterocycles. The molecule has 0 heterocycles. The first kappa shape index (κ1) is 38.4. The van der Waals surface area contributed by atoms with Gasteiger partial charge in [-0.05, 0) is 74.9 Å². The lowest BCUT2D eigenvalue weighted by Crippen LogP contribution is -2.54. The van der Waals surface area contributed by atoms with Crippen molar-refractivity contribution in [1.29, 1.82) is 0 Å². The maximum atomic E-state index is 14.7. The number of methoxy groups -OCH3 is 2. The summed E-state index contributed by atoms with van der Waals surface area (Å²) in [7, 11) is -1.58. The van der Waals surface area contributed by atoms with Gasteiger partial charge >= 0.3 is 0 Å². The van der Waals surface area contributed by atoms with E-state index >= 15 is 0 Å². The minimum Gasteiger partial charge on any atom is -0.494 e. The second kappa shape index (κ2) is 17.5. The van der Waals surface area contributed by atoms with E-state index in [1.807, 2.05) is 51.1 Å². The molecular formula is C37H41Cl2N3O7S. The molecular weight excluding hydrogens is 701 g/mol. The van der Waals surface area contributed by atoms with Crippen molar-refractivity contribution in [2.75, 3.05) is 31.7 Å². The van der Waals surface area contributed by atoms with Gasteiger partial charge in [-0.2, -0.15) is 0 Å². The number of hydrogen-bond acceptors (Lipinski definition) is 7. The lowest BCUT2D eigenvalue weighted by atomic mass is 10.0. The Balaban J connectivity index is 1.87. The molecule has 0 aromatic heterocycles. The molecule has 266 valence electrons. The third kappa shape index (κ3) is 9.41. The van der Waals surface area contributed by atoms with Crippen molar-refractivity contribution in [3.63, 3.8) is 0 Å². The van der Waals surface area contributed by atoms with Crippen LogP contribution in [0.5, 0.6) is 17.2 Å². The number of carbonyl (C=O) groups excluding carboxylic acids is 2. The molecule has 4 aromatic rings. The summed E-state index contributed by atoms with van der Waals surface area (Å²) in [5.41, 5.74) is 1.40. The normalized spacial score (nSPS) is 11.8. The van der Waals surface area contributed by atoms with E-state index < -0.39 is 34.4 Å². The van der Waals surface area contributed by atoms with E-state index in [1.165, 1.54) is 37.3 Å². The van der Waals surface area contributed by atoms with E-state index in [2.05, 4.69) is 5.32 Å². The van der Waals surface area contributed by atoms with Crippen LogP contribution in [0.15, 0.2) is 95.9 Å². The highest BCUT2D eigenvalue weighted by atomic mass is 35.5. The van der Waals surface area contributed by atoms with Crippen molar-refractivity contribution in [1.82, 2.24) is 10.2 Å². The Bertz CT molecular complexity index is 1850. The van der Waals surface area contributed by atoms with Crippen LogP contribution in [0.2, 0.25) is 10.0 Å². The zero-order valence-electron chi connectivity index (χ0n) is 28.6. The molecule has 1 atom stereocenters. The van der Waals surface area contributed by atoms with Crippen molar-refractivity contribution in [2.24, 2.45) is 0 Å². The molecule has 1 N–H and O–H groups in total. The van der Waals surface area contributed by atoms with Crippen LogP contribution in [0.1, 0.15) is 31.9 Å². The summed E-state index contributed by atoms with van der Waals surface area (Å²) in [5, 5.41) is 3.51. The van der Waals surface area contributed by atoms with Crippen LogP contribution in [-0.2, 0) is 32.6 Å². The van der Waals surface area contributed by atoms with Gasteiger partial charge in [-0.25, -0.2) is 8.42 Å². The zero-order valence-corrected chi connectivity index (χ0v) is 30.9. The van der Waals surface area contributed by atoms with Crippen LogP contribution >= 0.6 is 23.2 Å². The predicted molar refractivity (Wildman–Crippen MR) is 196 cm³/mol. The predicted octanol–water partition coefficient (Wildman–Crippen LogP) is 6.77. The standard InChI is InChI=1S/C37H41Cl2N3O7S/c1-6-49-28-17-15-27(16-18-28)42(50(45,46)29-19-20-34(47-4)35(22-29)48-5)24-36(43)41(23-30-31(38)13-10-14-32(30)39)33(37(44)40-25(2)3)21-26-11-8-7-9-12-26/h7-20,22,25,33H,6,21,23-24H2,1-5H3,(H,40,44). The number of nitrogens with zero attached hydrogens (tertiary/aromatic N) is 2. The minimum atomic E-state index is -4.42. The Hall–Kier alpha value is -4.45. The molecule has 2 amide bonds. The summed E-state index contributed by atoms with van der Waals surface area (Å²) in [6.07, 6.45) is 0.138. The molecule has 0 saturated carbocycles. The molecule has 10 nitrogen and oxygen atoms in total. The fraction of sp³-hybridized carbons (Fsp3) is 0.297. The van der Waals surface area contributed by atoms with Gasteiger partial charge in [-0.3, -0.25) is 13.9 Å². The molecule has 0 bridgehead atoms. The van der Waals surface area contributed by atoms with Crippen molar-refractivity contribution >= 4 is 50.7 Å². The van der Waals surface area contributed by atoms with E-state index in [9.17, 15) is 18.0 Å². The molecule has 0 aliphatic heterocycles. The van der Waals surface area contributed by atoms with Gasteiger partial charge in [0.2, 0.25) is 11.8 Å². The smallest absolute Gasteiger partial charge is 0.264 e. The van der Waals surface area contributed by atoms with Crippen LogP contribution in [0, 0.1) is 0 Å². The van der Waals surface area contributed by atoms with Gasteiger partial charge in [-0.15, -0.1) is 0 Å². The third-order valence-electron chi connectivity index (χ3n) is 7.75. The topological polar surface area (TPSA) is 114 Å². The first-order chi connectivity index (χ1) is 23.9. The summed E-state index contributed by atoms with van der Waals surface area (Å²) >= 11 is 13.2. The lowest BCUT2D eigenvalue weighted by Gasteiger charge is -2.34. The Kier molecular flexibility index (Phi) is 13.4. The number of benzene rings is 4. The minimum absolute atomic E-state index is 0.138. The Morgan fingerprint density at radius 1 is 0.840 bits per heavy atom. The number of anilines is 1. The molecule has 0 fully saturated rings. The molecule has 1 unspecified atom stereocenters. The quantitative estimate of drug-likeness (QED) is 0.135. The molecule has 4 rings (SSSR count). The number of nitrogens with one attached hydrogen (secondary N) is 1. The first-order valence-electron chi connectivity index (χ1n) is 15.9. The second-order valence-corrected chi connectivity index (χ2v) is 14.2. The summed E-state index contributed by atoms with van der Waals surface area (Å²) < 4.78 is 46.2. The number of sulfonamides is 1. The highest BCUT2D eigenvalue weighted by Gasteiger charge is 2.35. The summed E-state index contributed by atoms with van der Waals surface area (Å²) in [5.74, 6) is -0.0449. The fourth-order valence-corrected chi connectivity index (χ4v) is 7.24. The van der Waals surface area contributed by atoms with Crippen molar-refractivity contribution in [3.8, 4) is 17.2 Å². The summed E-state index contributed by atoms with van der Waals surface area (Å²) in [6, 6.07) is 23.4. The van der Waals surface area contributed by atoms with Gasteiger partial charge in [0.25, 0.3) is 10.0 Å². The maximum absolute atomic E-state index is 14.7. The number of ether oxygens (including phenoxy) is 3. The highest BCUT2D eigenvalue weighted by Crippen LogP contribution is 2.33. The van der Waals surface area contributed by atoms with Crippen LogP contribution < -0.4 is 23.8 Å². The van der Waals surface area contributed by atoms with E-state index in [-0.39, 0.29) is 35.3 Å². The highest BCUT2D eigenvalue weighted by molar-refractivity contribution is 7.92. The van der Waals surface area contributed by atoms with E-state index in [0.29, 0.717) is 33.7 Å². The van der Waals surface area contributed by atoms with Crippen LogP contribution in [0.25, 0.3) is 0 Å². The van der Waals surface area contributed by atoms with Crippen LogP contribution in [-0.4, -0.2) is 64.6 Å². The van der Waals surface area contributed by atoms with Gasteiger partial charge in [-0.1, -0.05) is 59.6 Å². The average Bonchev–Trinajstić information content (AvgIpc) is 3.10. The number of amides is 2. The molecule has 50 heavy (non-hydrogen) atoms. The second-order valence-electron chi connectivity index (χ2n) is 11.5. The van der Waals surface area contributed by atoms with Gasteiger partial charge < -0.3 is 24.4 Å². The van der Waals surface area contributed by atoms with Crippen molar-refractivity contribution in [3.05, 3.63) is 112 Å². The Morgan fingerprint density at radius 3 is 2.06 bits per heavy atom. The van der Waals surface area contributed by atoms with Crippen molar-refractivity contribution in [2.45, 2.75) is 50.7 Å². The molecule has 4 aromatic carbocycles. The van der Waals surface area contributed by atoms with Gasteiger partial charge in [0.1, 0.15) is 18.3 Å². The first-order valence-corrected chi connectivity index (χ1v) is 18.1. The van der Waals surface area contributed by atoms with E-state index in [0.717, 1.165) is 9.87 Å². The van der Waals surface area contributed by atoms with Gasteiger partial charge in [0.15, 0.2) is 11.5 Å². The van der Waals surface area contributed by atoms with Crippen LogP contribution in [0.4, 0.5) is 5.69 Å². The maximum Gasteiger partial charge on any atom is 0.264 e. The SMILES string of the molecule is CCOc1ccc(N(CC(=O)N(Cc2c(Cl)cccc2Cl)C(Cc2ccccc2)C(=O)NC(C)C)S(=O)(=O)c2ccc(OC)c(OC)c2)cc1. The monoisotopic (exact) mass is 741 g/mol. The third-order valence-corrected chi connectivity index (χ3v) is 10.2. The molecule has 0 aliphatic rings. The fourth-order valence-electron chi connectivity index (χ4n) is 5.30. The molecule has 0 spiro atoms. The largest absolute Gasteiger partial charge is 0.494 e. The van der Waals surface area contributed by atoms with Crippen molar-refractivity contribution < 1.29 is 32.2 Å². The number of halogens is 2. The Labute approximate surface area is 303 Å². The van der Waals surface area contributed by atoms with Gasteiger partial charge in [0, 0.05) is 40.7 Å². The number of carbonyl (C=O) groups is 2. The van der Waals surface area contributed by atoms with Gasteiger partial charge in [0.05, 0.1) is 31.4 Å². The number of rotatable bonds is 16. The Morgan fingerprint density at radius 2 is 1.48 bits per heavy atom. The lowest BCUT2D eigenvalue weighted by molar-refractivity contribution is -0.140. The molecule has 13 heteroatoms. The molecule has 0 aliphatic carbocycles. The van der Waals surface area contributed by atoms with E-state index in [1.54, 1.807) is 42.5 Å². The molecule has 0 radical (unpaired) electrons.